The molecular formula is C27H51N5O7. The van der Waals surface area contributed by atoms with Crippen LogP contribution in [0.4, 0.5) is 0 Å². The van der Waals surface area contributed by atoms with Crippen LogP contribution in [-0.2, 0) is 28.6 Å². The summed E-state index contributed by atoms with van der Waals surface area (Å²) in [6.45, 7) is 7.08. The summed E-state index contributed by atoms with van der Waals surface area (Å²) in [5.74, 6) is -0.266. The Morgan fingerprint density at radius 2 is 1.08 bits per heavy atom. The summed E-state index contributed by atoms with van der Waals surface area (Å²) < 4.78 is 14.7. The van der Waals surface area contributed by atoms with Gasteiger partial charge in [0.05, 0.1) is 47.1 Å². The first-order chi connectivity index (χ1) is 18.8. The third-order valence-electron chi connectivity index (χ3n) is 7.68. The predicted octanol–water partition coefficient (Wildman–Crippen LogP) is -0.742. The van der Waals surface area contributed by atoms with Crippen molar-refractivity contribution in [1.82, 2.24) is 24.9 Å². The number of carbonyl (C=O) groups excluding carboxylic acids is 3. The van der Waals surface area contributed by atoms with Gasteiger partial charge in [-0.25, -0.2) is 0 Å². The fraction of sp³-hybridized carbons (Fsp3) is 0.889. The van der Waals surface area contributed by atoms with Gasteiger partial charge in [-0.15, -0.1) is 0 Å². The number of aliphatic hydroxyl groups excluding tert-OH is 1. The van der Waals surface area contributed by atoms with Gasteiger partial charge in [0.25, 0.3) is 0 Å². The number of nitrogens with one attached hydrogen (secondary N) is 1. The zero-order valence-corrected chi connectivity index (χ0v) is 24.3. The van der Waals surface area contributed by atoms with Crippen molar-refractivity contribution in [3.8, 4) is 0 Å². The van der Waals surface area contributed by atoms with E-state index in [0.717, 1.165) is 6.54 Å². The van der Waals surface area contributed by atoms with Crippen LogP contribution < -0.4 is 5.32 Å². The average Bonchev–Trinajstić information content (AvgIpc) is 2.94. The Balaban J connectivity index is 2.04. The summed E-state index contributed by atoms with van der Waals surface area (Å²) >= 11 is 0. The molecular weight excluding hydrogens is 506 g/mol. The Morgan fingerprint density at radius 3 is 1.46 bits per heavy atom. The second kappa shape index (κ2) is 19.3. The molecule has 0 spiro atoms. The van der Waals surface area contributed by atoms with Crippen molar-refractivity contribution in [3.05, 3.63) is 0 Å². The van der Waals surface area contributed by atoms with Crippen LogP contribution in [0.1, 0.15) is 32.1 Å². The molecule has 1 heterocycles. The molecule has 2 rings (SSSR count). The molecule has 2 aliphatic rings. The minimum Gasteiger partial charge on any atom is -0.468 e. The smallest absolute Gasteiger partial charge is 0.319 e. The lowest BCUT2D eigenvalue weighted by Gasteiger charge is -2.34. The van der Waals surface area contributed by atoms with Gasteiger partial charge >= 0.3 is 17.9 Å². The lowest BCUT2D eigenvalue weighted by molar-refractivity contribution is -0.144. The number of aliphatic hydroxyl groups is 1. The van der Waals surface area contributed by atoms with Gasteiger partial charge in [0.15, 0.2) is 0 Å². The van der Waals surface area contributed by atoms with E-state index in [2.05, 4.69) is 10.2 Å². The monoisotopic (exact) mass is 557 g/mol. The molecule has 1 unspecified atom stereocenters. The molecule has 0 aromatic carbocycles. The number of carbonyl (C=O) groups is 3. The molecule has 0 amide bonds. The maximum atomic E-state index is 12.1. The van der Waals surface area contributed by atoms with Crippen LogP contribution in [0.15, 0.2) is 0 Å². The van der Waals surface area contributed by atoms with E-state index >= 15 is 0 Å². The summed E-state index contributed by atoms with van der Waals surface area (Å²) in [5.41, 5.74) is 0. The van der Waals surface area contributed by atoms with Crippen LogP contribution in [0, 0.1) is 5.92 Å². The Labute approximate surface area is 233 Å². The third kappa shape index (κ3) is 14.4. The molecule has 0 radical (unpaired) electrons. The minimum atomic E-state index is -0.528. The maximum absolute atomic E-state index is 12.1. The van der Waals surface area contributed by atoms with E-state index in [9.17, 15) is 19.5 Å². The van der Waals surface area contributed by atoms with Crippen molar-refractivity contribution in [1.29, 1.82) is 0 Å². The highest BCUT2D eigenvalue weighted by molar-refractivity contribution is 5.72. The molecule has 12 heteroatoms. The summed E-state index contributed by atoms with van der Waals surface area (Å²) in [4.78, 5) is 44.4. The van der Waals surface area contributed by atoms with Crippen molar-refractivity contribution in [2.24, 2.45) is 5.92 Å². The number of esters is 3. The van der Waals surface area contributed by atoms with E-state index < -0.39 is 6.10 Å². The Morgan fingerprint density at radius 1 is 0.692 bits per heavy atom. The van der Waals surface area contributed by atoms with E-state index in [4.69, 9.17) is 14.2 Å². The molecule has 2 N–H and O–H groups in total. The second-order valence-corrected chi connectivity index (χ2v) is 10.7. The maximum Gasteiger partial charge on any atom is 0.319 e. The van der Waals surface area contributed by atoms with Crippen LogP contribution in [0.3, 0.4) is 0 Å². The first-order valence-electron chi connectivity index (χ1n) is 14.3. The highest BCUT2D eigenvalue weighted by Crippen LogP contribution is 2.22. The topological polar surface area (TPSA) is 124 Å². The quantitative estimate of drug-likeness (QED) is 0.232. The zero-order valence-electron chi connectivity index (χ0n) is 24.3. The average molecular weight is 558 g/mol. The number of β-amino-alcohol motifs (C(OH)–C–C–N with tert-alkyl or cyclic N) is 1. The lowest BCUT2D eigenvalue weighted by Crippen LogP contribution is -2.50. The SMILES string of the molecule is COC(=O)CN1CCN(CC(=O)OC)CCN(CC(O)CNCC2CCCCC2)CCN(CC(=O)OC)CC1. The second-order valence-electron chi connectivity index (χ2n) is 10.7. The number of nitrogens with zero attached hydrogens (tertiary/aromatic N) is 4. The van der Waals surface area contributed by atoms with Crippen molar-refractivity contribution in [2.45, 2.75) is 38.2 Å². The summed E-state index contributed by atoms with van der Waals surface area (Å²) in [6, 6.07) is 0. The number of rotatable bonds is 12. The van der Waals surface area contributed by atoms with E-state index in [1.54, 1.807) is 0 Å². The van der Waals surface area contributed by atoms with E-state index in [1.807, 2.05) is 14.7 Å². The van der Waals surface area contributed by atoms with Gasteiger partial charge in [-0.1, -0.05) is 19.3 Å². The third-order valence-corrected chi connectivity index (χ3v) is 7.68. The van der Waals surface area contributed by atoms with Gasteiger partial charge in [-0.2, -0.15) is 0 Å². The summed E-state index contributed by atoms with van der Waals surface area (Å²) in [5, 5.41) is 14.3. The molecule has 0 bridgehead atoms. The fourth-order valence-corrected chi connectivity index (χ4v) is 5.18. The molecule has 1 atom stereocenters. The molecule has 1 saturated carbocycles. The molecule has 1 saturated heterocycles. The molecule has 1 aliphatic heterocycles. The van der Waals surface area contributed by atoms with Gasteiger partial charge in [0, 0.05) is 65.4 Å². The highest BCUT2D eigenvalue weighted by atomic mass is 16.5. The van der Waals surface area contributed by atoms with Crippen molar-refractivity contribution in [2.75, 3.05) is 113 Å². The van der Waals surface area contributed by atoms with Crippen molar-refractivity contribution in [3.63, 3.8) is 0 Å². The van der Waals surface area contributed by atoms with Gasteiger partial charge in [-0.05, 0) is 25.3 Å². The van der Waals surface area contributed by atoms with E-state index in [0.29, 0.717) is 71.4 Å². The molecule has 0 aromatic heterocycles. The molecule has 1 aliphatic carbocycles. The van der Waals surface area contributed by atoms with Crippen LogP contribution in [0.2, 0.25) is 0 Å². The zero-order chi connectivity index (χ0) is 28.5. The Hall–Kier alpha value is -1.83. The summed E-state index contributed by atoms with van der Waals surface area (Å²) in [7, 11) is 4.11. The normalized spacial score (nSPS) is 20.9. The number of ether oxygens (including phenoxy) is 3. The Bertz CT molecular complexity index is 689. The summed E-state index contributed by atoms with van der Waals surface area (Å²) in [6.07, 6.45) is 5.93. The first-order valence-corrected chi connectivity index (χ1v) is 14.3. The number of hydrogen-bond acceptors (Lipinski definition) is 12. The number of hydrogen-bond donors (Lipinski definition) is 2. The van der Waals surface area contributed by atoms with Gasteiger partial charge in [0.2, 0.25) is 0 Å². The van der Waals surface area contributed by atoms with Crippen LogP contribution in [0.5, 0.6) is 0 Å². The fourth-order valence-electron chi connectivity index (χ4n) is 5.18. The Kier molecular flexibility index (Phi) is 16.5. The number of methoxy groups -OCH3 is 3. The predicted molar refractivity (Wildman–Crippen MR) is 147 cm³/mol. The minimum absolute atomic E-state index is 0.126. The van der Waals surface area contributed by atoms with Crippen LogP contribution in [0.25, 0.3) is 0 Å². The van der Waals surface area contributed by atoms with E-state index in [-0.39, 0.29) is 37.5 Å². The molecule has 2 fully saturated rings. The largest absolute Gasteiger partial charge is 0.468 e. The molecule has 0 aromatic rings. The van der Waals surface area contributed by atoms with Crippen LogP contribution in [-0.4, -0.2) is 162 Å². The molecule has 12 nitrogen and oxygen atoms in total. The van der Waals surface area contributed by atoms with Crippen molar-refractivity contribution >= 4 is 17.9 Å². The molecule has 39 heavy (non-hydrogen) atoms. The van der Waals surface area contributed by atoms with Gasteiger partial charge in [-0.3, -0.25) is 34.0 Å². The van der Waals surface area contributed by atoms with Gasteiger partial charge in [0.1, 0.15) is 0 Å². The molecule has 226 valence electrons. The van der Waals surface area contributed by atoms with Crippen molar-refractivity contribution < 1.29 is 33.7 Å². The van der Waals surface area contributed by atoms with E-state index in [1.165, 1.54) is 53.4 Å². The lowest BCUT2D eigenvalue weighted by atomic mass is 9.89. The van der Waals surface area contributed by atoms with Gasteiger partial charge < -0.3 is 24.6 Å². The first kappa shape index (κ1) is 33.4. The standard InChI is InChI=1S/C27H51N5O7/c1-37-25(34)20-30-11-9-29(19-24(33)18-28-17-23-7-5-4-6-8-23)10-12-31(21-26(35)38-2)14-16-32(15-13-30)22-27(36)39-3/h23-24,28,33H,4-22H2,1-3H3. The highest BCUT2D eigenvalue weighted by Gasteiger charge is 2.22. The van der Waals surface area contributed by atoms with Crippen LogP contribution >= 0.6 is 0 Å².